The van der Waals surface area contributed by atoms with Crippen LogP contribution in [0.4, 0.5) is 10.6 Å². The van der Waals surface area contributed by atoms with Gasteiger partial charge in [0.1, 0.15) is 17.6 Å². The molecule has 0 saturated carbocycles. The number of carbonyl (C=O) groups excluding carboxylic acids is 1. The van der Waals surface area contributed by atoms with E-state index < -0.39 is 6.09 Å². The molecule has 0 spiro atoms. The summed E-state index contributed by atoms with van der Waals surface area (Å²) in [7, 11) is 0. The number of pyridine rings is 1. The van der Waals surface area contributed by atoms with Crippen molar-refractivity contribution < 1.29 is 9.53 Å². The second-order valence-corrected chi connectivity index (χ2v) is 3.86. The smallest absolute Gasteiger partial charge is 0.404 e. The Morgan fingerprint density at radius 3 is 2.75 bits per heavy atom. The van der Waals surface area contributed by atoms with Crippen LogP contribution in [-0.2, 0) is 4.74 Å². The van der Waals surface area contributed by atoms with Crippen molar-refractivity contribution in [2.24, 2.45) is 5.73 Å². The van der Waals surface area contributed by atoms with Crippen molar-refractivity contribution in [3.05, 3.63) is 21.3 Å². The topological polar surface area (TPSA) is 77.2 Å². The number of hydrogen-bond acceptors (Lipinski definition) is 4. The second-order valence-electron chi connectivity index (χ2n) is 2.69. The maximum Gasteiger partial charge on any atom is 0.404 e. The van der Waals surface area contributed by atoms with Crippen molar-refractivity contribution >= 4 is 46.7 Å². The third kappa shape index (κ3) is 3.92. The molecule has 8 heteroatoms. The van der Waals surface area contributed by atoms with Crippen molar-refractivity contribution in [2.45, 2.75) is 0 Å². The first-order chi connectivity index (χ1) is 7.50. The molecular formula is C8H8Cl3N3O2. The number of halogens is 3. The monoisotopic (exact) mass is 283 g/mol. The maximum atomic E-state index is 10.3. The van der Waals surface area contributed by atoms with Crippen LogP contribution in [0.5, 0.6) is 0 Å². The van der Waals surface area contributed by atoms with E-state index in [9.17, 15) is 4.79 Å². The second kappa shape index (κ2) is 5.98. The minimum absolute atomic E-state index is 0.105. The van der Waals surface area contributed by atoms with E-state index in [4.69, 9.17) is 40.5 Å². The Kier molecular flexibility index (Phi) is 4.92. The van der Waals surface area contributed by atoms with Gasteiger partial charge in [-0.1, -0.05) is 34.8 Å². The largest absolute Gasteiger partial charge is 0.448 e. The van der Waals surface area contributed by atoms with Gasteiger partial charge in [-0.2, -0.15) is 0 Å². The summed E-state index contributed by atoms with van der Waals surface area (Å²) in [6.45, 7) is 0.418. The number of nitrogens with one attached hydrogen (secondary N) is 1. The number of anilines is 1. The molecule has 0 unspecified atom stereocenters. The van der Waals surface area contributed by atoms with Gasteiger partial charge in [-0.25, -0.2) is 9.78 Å². The fourth-order valence-electron chi connectivity index (χ4n) is 0.889. The van der Waals surface area contributed by atoms with Gasteiger partial charge in [-0.3, -0.25) is 0 Å². The maximum absolute atomic E-state index is 10.3. The highest BCUT2D eigenvalue weighted by Crippen LogP contribution is 2.28. The van der Waals surface area contributed by atoms with Crippen molar-refractivity contribution in [3.8, 4) is 0 Å². The number of nitrogens with two attached hydrogens (primary N) is 1. The summed E-state index contributed by atoms with van der Waals surface area (Å²) in [4.78, 5) is 14.2. The van der Waals surface area contributed by atoms with Crippen molar-refractivity contribution in [2.75, 3.05) is 18.5 Å². The van der Waals surface area contributed by atoms with Gasteiger partial charge in [0.2, 0.25) is 0 Å². The van der Waals surface area contributed by atoms with Crippen molar-refractivity contribution in [1.29, 1.82) is 0 Å². The first kappa shape index (κ1) is 13.2. The van der Waals surface area contributed by atoms with Gasteiger partial charge in [0, 0.05) is 0 Å². The van der Waals surface area contributed by atoms with Crippen LogP contribution in [0.1, 0.15) is 0 Å². The molecule has 0 aliphatic carbocycles. The minimum atomic E-state index is -0.838. The first-order valence-electron chi connectivity index (χ1n) is 4.18. The molecule has 0 aliphatic heterocycles. The van der Waals surface area contributed by atoms with Crippen LogP contribution < -0.4 is 11.1 Å². The van der Waals surface area contributed by atoms with Crippen LogP contribution in [0, 0.1) is 0 Å². The molecule has 0 aliphatic rings. The molecule has 0 atom stereocenters. The fourth-order valence-corrected chi connectivity index (χ4v) is 1.45. The summed E-state index contributed by atoms with van der Waals surface area (Å²) < 4.78 is 4.50. The zero-order valence-electron chi connectivity index (χ0n) is 7.97. The lowest BCUT2D eigenvalue weighted by molar-refractivity contribution is 0.161. The Bertz CT molecular complexity index is 400. The third-order valence-corrected chi connectivity index (χ3v) is 2.49. The van der Waals surface area contributed by atoms with Crippen LogP contribution in [0.3, 0.4) is 0 Å². The molecule has 0 radical (unpaired) electrons. The first-order valence-corrected chi connectivity index (χ1v) is 5.31. The Morgan fingerprint density at radius 1 is 1.44 bits per heavy atom. The normalized spacial score (nSPS) is 9.94. The van der Waals surface area contributed by atoms with Gasteiger partial charge < -0.3 is 15.8 Å². The number of aromatic nitrogens is 1. The number of amides is 1. The lowest BCUT2D eigenvalue weighted by atomic mass is 10.4. The SMILES string of the molecule is NC(=O)OCCNc1nc(Cl)c(Cl)cc1Cl. The van der Waals surface area contributed by atoms with E-state index in [1.165, 1.54) is 6.07 Å². The Morgan fingerprint density at radius 2 is 2.12 bits per heavy atom. The number of ether oxygens (including phenoxy) is 1. The summed E-state index contributed by atoms with van der Waals surface area (Å²) >= 11 is 17.2. The summed E-state index contributed by atoms with van der Waals surface area (Å²) in [5.74, 6) is 0.365. The lowest BCUT2D eigenvalue weighted by Gasteiger charge is -2.08. The number of primary amides is 1. The fraction of sp³-hybridized carbons (Fsp3) is 0.250. The number of rotatable bonds is 4. The van der Waals surface area contributed by atoms with Crippen molar-refractivity contribution in [1.82, 2.24) is 4.98 Å². The predicted octanol–water partition coefficient (Wildman–Crippen LogP) is 2.55. The summed E-state index contributed by atoms with van der Waals surface area (Å²) in [6, 6.07) is 1.47. The zero-order chi connectivity index (χ0) is 12.1. The Labute approximate surface area is 107 Å². The average molecular weight is 285 g/mol. The minimum Gasteiger partial charge on any atom is -0.448 e. The van der Waals surface area contributed by atoms with Crippen LogP contribution >= 0.6 is 34.8 Å². The van der Waals surface area contributed by atoms with Crippen LogP contribution in [-0.4, -0.2) is 24.2 Å². The van der Waals surface area contributed by atoms with E-state index in [0.29, 0.717) is 17.4 Å². The van der Waals surface area contributed by atoms with E-state index in [1.54, 1.807) is 0 Å². The molecular weight excluding hydrogens is 276 g/mol. The highest BCUT2D eigenvalue weighted by molar-refractivity contribution is 6.42. The highest BCUT2D eigenvalue weighted by Gasteiger charge is 2.07. The van der Waals surface area contributed by atoms with E-state index in [0.717, 1.165) is 0 Å². The van der Waals surface area contributed by atoms with Gasteiger partial charge in [-0.15, -0.1) is 0 Å². The molecule has 0 aromatic carbocycles. The van der Waals surface area contributed by atoms with E-state index in [2.05, 4.69) is 15.0 Å². The molecule has 1 heterocycles. The Balaban J connectivity index is 2.54. The number of nitrogens with zero attached hydrogens (tertiary/aromatic N) is 1. The van der Waals surface area contributed by atoms with E-state index >= 15 is 0 Å². The molecule has 5 nitrogen and oxygen atoms in total. The van der Waals surface area contributed by atoms with Gasteiger partial charge in [0.15, 0.2) is 0 Å². The summed E-state index contributed by atoms with van der Waals surface area (Å²) in [6.07, 6.45) is -0.838. The molecule has 1 aromatic heterocycles. The van der Waals surface area contributed by atoms with E-state index in [1.807, 2.05) is 0 Å². The van der Waals surface area contributed by atoms with Gasteiger partial charge in [-0.05, 0) is 6.07 Å². The average Bonchev–Trinajstić information content (AvgIpc) is 2.19. The molecule has 0 bridgehead atoms. The molecule has 1 amide bonds. The van der Waals surface area contributed by atoms with Crippen LogP contribution in [0.25, 0.3) is 0 Å². The molecule has 1 rings (SSSR count). The third-order valence-electron chi connectivity index (χ3n) is 1.53. The van der Waals surface area contributed by atoms with E-state index in [-0.39, 0.29) is 16.8 Å². The van der Waals surface area contributed by atoms with Gasteiger partial charge in [0.05, 0.1) is 16.6 Å². The lowest BCUT2D eigenvalue weighted by Crippen LogP contribution is -2.18. The van der Waals surface area contributed by atoms with Crippen LogP contribution in [0.2, 0.25) is 15.2 Å². The summed E-state index contributed by atoms with van der Waals surface area (Å²) in [5, 5.41) is 3.56. The molecule has 1 aromatic rings. The van der Waals surface area contributed by atoms with Gasteiger partial charge >= 0.3 is 6.09 Å². The summed E-state index contributed by atoms with van der Waals surface area (Å²) in [5.41, 5.74) is 4.78. The van der Waals surface area contributed by atoms with Crippen LogP contribution in [0.15, 0.2) is 6.07 Å². The number of hydrogen-bond donors (Lipinski definition) is 2. The number of carbonyl (C=O) groups is 1. The quantitative estimate of drug-likeness (QED) is 0.658. The molecule has 3 N–H and O–H groups in total. The molecule has 16 heavy (non-hydrogen) atoms. The highest BCUT2D eigenvalue weighted by atomic mass is 35.5. The van der Waals surface area contributed by atoms with Gasteiger partial charge in [0.25, 0.3) is 0 Å². The molecule has 0 saturated heterocycles. The Hall–Kier alpha value is -0.910. The zero-order valence-corrected chi connectivity index (χ0v) is 10.2. The predicted molar refractivity (Wildman–Crippen MR) is 63.3 cm³/mol. The molecule has 0 fully saturated rings. The standard InChI is InChI=1S/C8H8Cl3N3O2/c9-4-3-5(10)7(14-6(4)11)13-1-2-16-8(12)15/h3H,1-2H2,(H2,12,15)(H,13,14). The molecule has 88 valence electrons. The van der Waals surface area contributed by atoms with Crippen molar-refractivity contribution in [3.63, 3.8) is 0 Å².